The van der Waals surface area contributed by atoms with Gasteiger partial charge in [0.2, 0.25) is 4.96 Å². The van der Waals surface area contributed by atoms with Crippen molar-refractivity contribution in [3.8, 4) is 5.75 Å². The number of fused-ring (bicyclic) bond motifs is 1. The summed E-state index contributed by atoms with van der Waals surface area (Å²) in [6.45, 7) is 0.361. The Kier molecular flexibility index (Phi) is 3.40. The molecule has 0 N–H and O–H groups in total. The SMILES string of the molecule is Fc1ccc(OCc2nn3c(C45CC6CC(CC(C6)C4)C5)nnc3s2)cc1. The van der Waals surface area contributed by atoms with Crippen molar-refractivity contribution in [1.82, 2.24) is 19.8 Å². The Balaban J connectivity index is 1.28. The van der Waals surface area contributed by atoms with E-state index in [9.17, 15) is 4.39 Å². The van der Waals surface area contributed by atoms with Crippen molar-refractivity contribution in [1.29, 1.82) is 0 Å². The zero-order valence-electron chi connectivity index (χ0n) is 15.0. The second kappa shape index (κ2) is 5.74. The lowest BCUT2D eigenvalue weighted by Crippen LogP contribution is -2.49. The van der Waals surface area contributed by atoms with Gasteiger partial charge in [-0.1, -0.05) is 11.3 Å². The number of hydrogen-bond donors (Lipinski definition) is 0. The van der Waals surface area contributed by atoms with Crippen LogP contribution in [0.15, 0.2) is 24.3 Å². The van der Waals surface area contributed by atoms with Gasteiger partial charge in [0.05, 0.1) is 0 Å². The maximum atomic E-state index is 13.0. The molecule has 0 aliphatic heterocycles. The second-order valence-electron chi connectivity index (χ2n) is 8.65. The molecular weight excluding hydrogens is 363 g/mol. The molecule has 140 valence electrons. The molecule has 4 aliphatic carbocycles. The van der Waals surface area contributed by atoms with Gasteiger partial charge in [-0.3, -0.25) is 0 Å². The van der Waals surface area contributed by atoms with E-state index in [1.807, 2.05) is 4.52 Å². The largest absolute Gasteiger partial charge is 0.486 e. The predicted molar refractivity (Wildman–Crippen MR) is 99.2 cm³/mol. The first-order chi connectivity index (χ1) is 13.2. The van der Waals surface area contributed by atoms with Gasteiger partial charge in [0, 0.05) is 5.41 Å². The van der Waals surface area contributed by atoms with Crippen LogP contribution in [0.5, 0.6) is 5.75 Å². The maximum absolute atomic E-state index is 13.0. The van der Waals surface area contributed by atoms with E-state index in [2.05, 4.69) is 10.2 Å². The minimum atomic E-state index is -0.263. The fourth-order valence-corrected chi connectivity index (χ4v) is 6.85. The summed E-state index contributed by atoms with van der Waals surface area (Å²) in [7, 11) is 0. The monoisotopic (exact) mass is 384 g/mol. The van der Waals surface area contributed by atoms with E-state index in [0.29, 0.717) is 12.4 Å². The number of halogens is 1. The third-order valence-electron chi connectivity index (χ3n) is 6.72. The molecule has 5 nitrogen and oxygen atoms in total. The van der Waals surface area contributed by atoms with Gasteiger partial charge in [-0.2, -0.15) is 9.61 Å². The third kappa shape index (κ3) is 2.58. The highest BCUT2D eigenvalue weighted by atomic mass is 32.1. The quantitative estimate of drug-likeness (QED) is 0.670. The first-order valence-corrected chi connectivity index (χ1v) is 10.6. The minimum Gasteiger partial charge on any atom is -0.486 e. The first kappa shape index (κ1) is 16.0. The molecule has 0 atom stereocenters. The Morgan fingerprint density at radius 1 is 1.04 bits per heavy atom. The molecule has 1 aromatic carbocycles. The number of ether oxygens (including phenoxy) is 1. The lowest BCUT2D eigenvalue weighted by Gasteiger charge is -2.55. The van der Waals surface area contributed by atoms with Crippen LogP contribution in [0.4, 0.5) is 4.39 Å². The highest BCUT2D eigenvalue weighted by molar-refractivity contribution is 7.16. The molecule has 27 heavy (non-hydrogen) atoms. The van der Waals surface area contributed by atoms with Crippen LogP contribution in [0.3, 0.4) is 0 Å². The van der Waals surface area contributed by atoms with Crippen molar-refractivity contribution < 1.29 is 9.13 Å². The van der Waals surface area contributed by atoms with Crippen molar-refractivity contribution in [2.24, 2.45) is 17.8 Å². The molecule has 3 aromatic rings. The zero-order chi connectivity index (χ0) is 18.0. The van der Waals surface area contributed by atoms with Gasteiger partial charge in [0.1, 0.15) is 18.2 Å². The van der Waals surface area contributed by atoms with Crippen LogP contribution in [0, 0.1) is 23.6 Å². The van der Waals surface area contributed by atoms with Crippen molar-refractivity contribution in [2.75, 3.05) is 0 Å². The van der Waals surface area contributed by atoms with Crippen LogP contribution >= 0.6 is 11.3 Å². The van der Waals surface area contributed by atoms with Crippen molar-refractivity contribution in [3.05, 3.63) is 40.9 Å². The first-order valence-electron chi connectivity index (χ1n) is 9.77. The fraction of sp³-hybridized carbons (Fsp3) is 0.550. The van der Waals surface area contributed by atoms with Crippen LogP contribution in [0.2, 0.25) is 0 Å². The van der Waals surface area contributed by atoms with E-state index in [4.69, 9.17) is 9.84 Å². The lowest BCUT2D eigenvalue weighted by molar-refractivity contribution is -0.0103. The van der Waals surface area contributed by atoms with E-state index in [0.717, 1.165) is 33.5 Å². The molecule has 0 saturated heterocycles. The number of aromatic nitrogens is 4. The molecule has 4 fully saturated rings. The minimum absolute atomic E-state index is 0.178. The van der Waals surface area contributed by atoms with Crippen LogP contribution in [-0.2, 0) is 12.0 Å². The van der Waals surface area contributed by atoms with E-state index < -0.39 is 0 Å². The van der Waals surface area contributed by atoms with Crippen LogP contribution in [0.25, 0.3) is 4.96 Å². The summed E-state index contributed by atoms with van der Waals surface area (Å²) >= 11 is 1.52. The summed E-state index contributed by atoms with van der Waals surface area (Å²) in [5, 5.41) is 14.7. The Bertz CT molecular complexity index is 960. The van der Waals surface area contributed by atoms with Crippen LogP contribution in [0.1, 0.15) is 49.4 Å². The highest BCUT2D eigenvalue weighted by Gasteiger charge is 2.54. The topological polar surface area (TPSA) is 52.3 Å². The molecule has 4 bridgehead atoms. The number of benzene rings is 1. The predicted octanol–water partition coefficient (Wildman–Crippen LogP) is 4.37. The van der Waals surface area contributed by atoms with Gasteiger partial charge >= 0.3 is 0 Å². The molecule has 4 aliphatic rings. The van der Waals surface area contributed by atoms with E-state index >= 15 is 0 Å². The van der Waals surface area contributed by atoms with Gasteiger partial charge in [-0.15, -0.1) is 10.2 Å². The fourth-order valence-electron chi connectivity index (χ4n) is 6.11. The molecule has 4 saturated carbocycles. The Hall–Kier alpha value is -2.02. The summed E-state index contributed by atoms with van der Waals surface area (Å²) in [6.07, 6.45) is 7.98. The van der Waals surface area contributed by atoms with Crippen molar-refractivity contribution in [2.45, 2.75) is 50.5 Å². The maximum Gasteiger partial charge on any atom is 0.234 e. The van der Waals surface area contributed by atoms with Crippen LogP contribution < -0.4 is 4.74 Å². The number of rotatable bonds is 4. The summed E-state index contributed by atoms with van der Waals surface area (Å²) in [5.41, 5.74) is 0.178. The molecule has 7 rings (SSSR count). The molecule has 2 aromatic heterocycles. The Morgan fingerprint density at radius 3 is 2.37 bits per heavy atom. The van der Waals surface area contributed by atoms with E-state index in [1.54, 1.807) is 12.1 Å². The molecule has 2 heterocycles. The molecule has 0 radical (unpaired) electrons. The lowest BCUT2D eigenvalue weighted by atomic mass is 9.49. The highest BCUT2D eigenvalue weighted by Crippen LogP contribution is 2.60. The summed E-state index contributed by atoms with van der Waals surface area (Å²) in [5.74, 6) is 4.04. The van der Waals surface area contributed by atoms with Crippen molar-refractivity contribution >= 4 is 16.3 Å². The summed E-state index contributed by atoms with van der Waals surface area (Å²) < 4.78 is 20.7. The molecule has 0 spiro atoms. The van der Waals surface area contributed by atoms with E-state index in [1.165, 1.54) is 62.0 Å². The van der Waals surface area contributed by atoms with Crippen LogP contribution in [-0.4, -0.2) is 19.8 Å². The molecule has 0 amide bonds. The second-order valence-corrected chi connectivity index (χ2v) is 9.69. The smallest absolute Gasteiger partial charge is 0.234 e. The summed E-state index contributed by atoms with van der Waals surface area (Å²) in [6, 6.07) is 6.07. The Morgan fingerprint density at radius 2 is 1.70 bits per heavy atom. The van der Waals surface area contributed by atoms with Crippen molar-refractivity contribution in [3.63, 3.8) is 0 Å². The average Bonchev–Trinajstić information content (AvgIpc) is 3.20. The number of hydrogen-bond acceptors (Lipinski definition) is 5. The van der Waals surface area contributed by atoms with Gasteiger partial charge < -0.3 is 4.74 Å². The van der Waals surface area contributed by atoms with Gasteiger partial charge in [0.25, 0.3) is 0 Å². The van der Waals surface area contributed by atoms with Gasteiger partial charge in [-0.05, 0) is 80.5 Å². The van der Waals surface area contributed by atoms with Gasteiger partial charge in [-0.25, -0.2) is 4.39 Å². The Labute approximate surface area is 160 Å². The average molecular weight is 384 g/mol. The third-order valence-corrected chi connectivity index (χ3v) is 7.59. The molecule has 7 heteroatoms. The standard InChI is InChI=1S/C20H21FN4OS/c21-15-1-3-16(4-2-15)26-11-17-24-25-18(22-23-19(25)27-17)20-8-12-5-13(9-20)7-14(6-12)10-20/h1-4,12-14H,5-11H2. The van der Waals surface area contributed by atoms with Gasteiger partial charge in [0.15, 0.2) is 10.8 Å². The summed E-state index contributed by atoms with van der Waals surface area (Å²) in [4.78, 5) is 0.846. The molecule has 0 unspecified atom stereocenters. The molecular formula is C20H21FN4OS. The number of nitrogens with zero attached hydrogens (tertiary/aromatic N) is 4. The van der Waals surface area contributed by atoms with E-state index in [-0.39, 0.29) is 11.2 Å². The normalized spacial score (nSPS) is 31.7. The zero-order valence-corrected chi connectivity index (χ0v) is 15.8.